The molecule has 0 aromatic carbocycles. The molecule has 1 aliphatic heterocycles. The number of thiol groups is 2. The number of carbonyl (C=O) groups is 4. The SMILES string of the molecule is CCC(C)C(NC(=O)C(CS)NC(=O)C1CCCN1)C(=O)NC(CS)C(=O)O. The molecule has 1 rings (SSSR count). The smallest absolute Gasteiger partial charge is 0.327 e. The van der Waals surface area contributed by atoms with Crippen LogP contribution in [0.3, 0.4) is 0 Å². The first-order valence-corrected chi connectivity index (χ1v) is 10.6. The van der Waals surface area contributed by atoms with Crippen molar-refractivity contribution in [2.45, 2.75) is 57.3 Å². The third kappa shape index (κ3) is 7.17. The molecule has 0 saturated carbocycles. The van der Waals surface area contributed by atoms with Gasteiger partial charge in [0.15, 0.2) is 0 Å². The molecule has 0 spiro atoms. The number of aliphatic carboxylic acids is 1. The maximum Gasteiger partial charge on any atom is 0.327 e. The van der Waals surface area contributed by atoms with E-state index in [0.29, 0.717) is 12.8 Å². The van der Waals surface area contributed by atoms with Crippen molar-refractivity contribution in [1.29, 1.82) is 0 Å². The van der Waals surface area contributed by atoms with Crippen molar-refractivity contribution in [2.75, 3.05) is 18.1 Å². The van der Waals surface area contributed by atoms with E-state index >= 15 is 0 Å². The van der Waals surface area contributed by atoms with E-state index in [4.69, 9.17) is 5.11 Å². The molecule has 5 atom stereocenters. The fraction of sp³-hybridized carbons (Fsp3) is 0.765. The Morgan fingerprint density at radius 2 is 1.71 bits per heavy atom. The van der Waals surface area contributed by atoms with Gasteiger partial charge in [0.1, 0.15) is 18.1 Å². The Labute approximate surface area is 176 Å². The van der Waals surface area contributed by atoms with Gasteiger partial charge >= 0.3 is 5.97 Å². The number of nitrogens with one attached hydrogen (secondary N) is 4. The van der Waals surface area contributed by atoms with Crippen molar-refractivity contribution in [2.24, 2.45) is 5.92 Å². The maximum atomic E-state index is 12.6. The van der Waals surface area contributed by atoms with Gasteiger partial charge in [-0.1, -0.05) is 20.3 Å². The maximum absolute atomic E-state index is 12.6. The molecular weight excluding hydrogens is 404 g/mol. The Hall–Kier alpha value is -1.46. The molecule has 9 nitrogen and oxygen atoms in total. The van der Waals surface area contributed by atoms with Crippen molar-refractivity contribution >= 4 is 48.9 Å². The highest BCUT2D eigenvalue weighted by Crippen LogP contribution is 2.10. The Morgan fingerprint density at radius 3 is 2.18 bits per heavy atom. The van der Waals surface area contributed by atoms with Crippen molar-refractivity contribution < 1.29 is 24.3 Å². The number of amides is 3. The summed E-state index contributed by atoms with van der Waals surface area (Å²) in [7, 11) is 0. The molecule has 160 valence electrons. The fourth-order valence-electron chi connectivity index (χ4n) is 2.78. The summed E-state index contributed by atoms with van der Waals surface area (Å²) in [6.07, 6.45) is 2.17. The van der Waals surface area contributed by atoms with Crippen LogP contribution in [-0.4, -0.2) is 71.0 Å². The largest absolute Gasteiger partial charge is 0.480 e. The minimum absolute atomic E-state index is 0.0630. The van der Waals surface area contributed by atoms with Crippen LogP contribution in [0, 0.1) is 5.92 Å². The zero-order chi connectivity index (χ0) is 21.3. The van der Waals surface area contributed by atoms with Gasteiger partial charge in [-0.15, -0.1) is 0 Å². The molecule has 28 heavy (non-hydrogen) atoms. The van der Waals surface area contributed by atoms with Crippen LogP contribution in [0.25, 0.3) is 0 Å². The molecule has 0 bridgehead atoms. The number of carboxylic acid groups (broad SMARTS) is 1. The first-order chi connectivity index (χ1) is 13.2. The highest BCUT2D eigenvalue weighted by atomic mass is 32.1. The standard InChI is InChI=1S/C17H30N4O5S2/c1-3-9(2)13(16(24)20-12(8-28)17(25)26)21-15(23)11(7-27)19-14(22)10-5-4-6-18-10/h9-13,18,27-28H,3-8H2,1-2H3,(H,19,22)(H,20,24)(H,21,23)(H,25,26). The van der Waals surface area contributed by atoms with E-state index in [1.54, 1.807) is 6.92 Å². The summed E-state index contributed by atoms with van der Waals surface area (Å²) in [5.74, 6) is -2.89. The van der Waals surface area contributed by atoms with Crippen molar-refractivity contribution in [3.8, 4) is 0 Å². The number of carbonyl (C=O) groups excluding carboxylic acids is 3. The predicted octanol–water partition coefficient (Wildman–Crippen LogP) is -0.817. The predicted molar refractivity (Wildman–Crippen MR) is 112 cm³/mol. The Kier molecular flexibility index (Phi) is 10.7. The van der Waals surface area contributed by atoms with Crippen molar-refractivity contribution in [3.05, 3.63) is 0 Å². The molecule has 1 fully saturated rings. The lowest BCUT2D eigenvalue weighted by atomic mass is 9.97. The van der Waals surface area contributed by atoms with Gasteiger partial charge in [-0.3, -0.25) is 14.4 Å². The molecule has 5 unspecified atom stereocenters. The van der Waals surface area contributed by atoms with Gasteiger partial charge in [0.05, 0.1) is 6.04 Å². The fourth-order valence-corrected chi connectivity index (χ4v) is 3.28. The lowest BCUT2D eigenvalue weighted by molar-refractivity contribution is -0.142. The van der Waals surface area contributed by atoms with Crippen LogP contribution in [0.5, 0.6) is 0 Å². The highest BCUT2D eigenvalue weighted by Gasteiger charge is 2.32. The minimum atomic E-state index is -1.21. The molecule has 1 saturated heterocycles. The van der Waals surface area contributed by atoms with E-state index in [2.05, 4.69) is 46.5 Å². The topological polar surface area (TPSA) is 137 Å². The Balaban J connectivity index is 2.79. The Bertz CT molecular complexity index is 572. The third-order valence-corrected chi connectivity index (χ3v) is 5.51. The zero-order valence-corrected chi connectivity index (χ0v) is 17.9. The molecule has 0 aliphatic carbocycles. The summed E-state index contributed by atoms with van der Waals surface area (Å²) in [6, 6.07) is -3.34. The summed E-state index contributed by atoms with van der Waals surface area (Å²) in [5.41, 5.74) is 0. The summed E-state index contributed by atoms with van der Waals surface area (Å²) >= 11 is 8.06. The van der Waals surface area contributed by atoms with Crippen LogP contribution in [0.4, 0.5) is 0 Å². The second kappa shape index (κ2) is 12.2. The minimum Gasteiger partial charge on any atom is -0.480 e. The van der Waals surface area contributed by atoms with Crippen LogP contribution in [0.2, 0.25) is 0 Å². The molecule has 1 aliphatic rings. The number of rotatable bonds is 11. The average molecular weight is 435 g/mol. The summed E-state index contributed by atoms with van der Waals surface area (Å²) in [6.45, 7) is 4.38. The average Bonchev–Trinajstić information content (AvgIpc) is 3.21. The molecule has 1 heterocycles. The van der Waals surface area contributed by atoms with Gasteiger partial charge in [0.25, 0.3) is 0 Å². The van der Waals surface area contributed by atoms with Crippen LogP contribution in [-0.2, 0) is 19.2 Å². The Morgan fingerprint density at radius 1 is 1.07 bits per heavy atom. The quantitative estimate of drug-likeness (QED) is 0.212. The third-order valence-electron chi connectivity index (χ3n) is 4.78. The number of hydrogen-bond acceptors (Lipinski definition) is 7. The first kappa shape index (κ1) is 24.6. The lowest BCUT2D eigenvalue weighted by Gasteiger charge is -2.27. The van der Waals surface area contributed by atoms with E-state index in [9.17, 15) is 19.2 Å². The van der Waals surface area contributed by atoms with E-state index < -0.39 is 35.9 Å². The lowest BCUT2D eigenvalue weighted by Crippen LogP contribution is -2.59. The van der Waals surface area contributed by atoms with Gasteiger partial charge < -0.3 is 26.4 Å². The number of carboxylic acids is 1. The molecule has 0 aromatic rings. The van der Waals surface area contributed by atoms with E-state index in [1.165, 1.54) is 0 Å². The van der Waals surface area contributed by atoms with Crippen LogP contribution in [0.15, 0.2) is 0 Å². The van der Waals surface area contributed by atoms with E-state index in [-0.39, 0.29) is 29.4 Å². The van der Waals surface area contributed by atoms with Crippen molar-refractivity contribution in [1.82, 2.24) is 21.3 Å². The van der Waals surface area contributed by atoms with Crippen molar-refractivity contribution in [3.63, 3.8) is 0 Å². The molecule has 3 amide bonds. The second-order valence-corrected chi connectivity index (χ2v) is 7.58. The zero-order valence-electron chi connectivity index (χ0n) is 16.1. The molecule has 11 heteroatoms. The highest BCUT2D eigenvalue weighted by molar-refractivity contribution is 7.80. The number of hydrogen-bond donors (Lipinski definition) is 7. The van der Waals surface area contributed by atoms with E-state index in [1.807, 2.05) is 6.92 Å². The van der Waals surface area contributed by atoms with Crippen LogP contribution in [0.1, 0.15) is 33.1 Å². The molecule has 5 N–H and O–H groups in total. The monoisotopic (exact) mass is 434 g/mol. The van der Waals surface area contributed by atoms with Gasteiger partial charge in [-0.25, -0.2) is 4.79 Å². The van der Waals surface area contributed by atoms with Gasteiger partial charge in [0, 0.05) is 11.5 Å². The van der Waals surface area contributed by atoms with E-state index in [0.717, 1.165) is 13.0 Å². The van der Waals surface area contributed by atoms with Gasteiger partial charge in [-0.2, -0.15) is 25.3 Å². The second-order valence-electron chi connectivity index (χ2n) is 6.85. The summed E-state index contributed by atoms with van der Waals surface area (Å²) in [4.78, 5) is 48.6. The van der Waals surface area contributed by atoms with Crippen LogP contribution < -0.4 is 21.3 Å². The summed E-state index contributed by atoms with van der Waals surface area (Å²) in [5, 5.41) is 19.8. The van der Waals surface area contributed by atoms with Crippen LogP contribution >= 0.6 is 25.3 Å². The van der Waals surface area contributed by atoms with Gasteiger partial charge in [-0.05, 0) is 25.3 Å². The first-order valence-electron chi connectivity index (χ1n) is 9.34. The normalized spacial score (nSPS) is 20.5. The van der Waals surface area contributed by atoms with Gasteiger partial charge in [0.2, 0.25) is 17.7 Å². The summed E-state index contributed by atoms with van der Waals surface area (Å²) < 4.78 is 0. The molecule has 0 aromatic heterocycles. The molecular formula is C17H30N4O5S2. The molecule has 0 radical (unpaired) electrons.